The second kappa shape index (κ2) is 8.79. The lowest BCUT2D eigenvalue weighted by atomic mass is 10.2. The average molecular weight is 327 g/mol. The van der Waals surface area contributed by atoms with Crippen molar-refractivity contribution >= 4 is 17.5 Å². The van der Waals surface area contributed by atoms with Gasteiger partial charge in [-0.2, -0.15) is 0 Å². The van der Waals surface area contributed by atoms with Crippen molar-refractivity contribution in [2.24, 2.45) is 0 Å². The summed E-state index contributed by atoms with van der Waals surface area (Å²) < 4.78 is 4.92. The van der Waals surface area contributed by atoms with Gasteiger partial charge in [0.05, 0.1) is 0 Å². The molecule has 24 heavy (non-hydrogen) atoms. The standard InChI is InChI=1S/C18H21N3O3/c1-13-7-9-14(10-8-13)20-18(23)16-6-3-5-15(21-16)17(22)19-11-4-12-24-2/h3,5-10H,4,11-12H2,1-2H3,(H,19,22)(H,20,23). The Balaban J connectivity index is 1.99. The number of anilines is 1. The van der Waals surface area contributed by atoms with Gasteiger partial charge in [-0.25, -0.2) is 4.98 Å². The van der Waals surface area contributed by atoms with Gasteiger partial charge in [0, 0.05) is 25.9 Å². The number of carbonyl (C=O) groups is 2. The molecule has 126 valence electrons. The second-order valence-electron chi connectivity index (χ2n) is 5.33. The number of hydrogen-bond acceptors (Lipinski definition) is 4. The van der Waals surface area contributed by atoms with Crippen LogP contribution in [0.15, 0.2) is 42.5 Å². The van der Waals surface area contributed by atoms with Crippen LogP contribution >= 0.6 is 0 Å². The highest BCUT2D eigenvalue weighted by atomic mass is 16.5. The Labute approximate surface area is 141 Å². The van der Waals surface area contributed by atoms with Crippen molar-refractivity contribution in [3.63, 3.8) is 0 Å². The third-order valence-corrected chi connectivity index (χ3v) is 3.33. The molecule has 0 aliphatic rings. The number of carbonyl (C=O) groups excluding carboxylic acids is 2. The quantitative estimate of drug-likeness (QED) is 0.765. The van der Waals surface area contributed by atoms with E-state index in [1.807, 2.05) is 31.2 Å². The van der Waals surface area contributed by atoms with Crippen LogP contribution in [-0.2, 0) is 4.74 Å². The normalized spacial score (nSPS) is 10.2. The van der Waals surface area contributed by atoms with Crippen LogP contribution in [0.3, 0.4) is 0 Å². The van der Waals surface area contributed by atoms with Gasteiger partial charge in [-0.1, -0.05) is 23.8 Å². The summed E-state index contributed by atoms with van der Waals surface area (Å²) in [5.41, 5.74) is 2.20. The highest BCUT2D eigenvalue weighted by molar-refractivity contribution is 6.03. The van der Waals surface area contributed by atoms with E-state index in [0.29, 0.717) is 18.8 Å². The molecule has 0 aliphatic carbocycles. The lowest BCUT2D eigenvalue weighted by Crippen LogP contribution is -2.27. The van der Waals surface area contributed by atoms with Crippen LogP contribution in [0.2, 0.25) is 0 Å². The first-order valence-electron chi connectivity index (χ1n) is 7.72. The fraction of sp³-hybridized carbons (Fsp3) is 0.278. The van der Waals surface area contributed by atoms with Crippen LogP contribution in [0, 0.1) is 6.92 Å². The summed E-state index contributed by atoms with van der Waals surface area (Å²) >= 11 is 0. The molecule has 0 spiro atoms. The third kappa shape index (κ3) is 5.17. The molecule has 1 aromatic heterocycles. The van der Waals surface area contributed by atoms with E-state index in [0.717, 1.165) is 12.0 Å². The zero-order chi connectivity index (χ0) is 17.4. The van der Waals surface area contributed by atoms with Gasteiger partial charge in [-0.05, 0) is 37.6 Å². The second-order valence-corrected chi connectivity index (χ2v) is 5.33. The van der Waals surface area contributed by atoms with Crippen molar-refractivity contribution in [3.8, 4) is 0 Å². The molecule has 0 bridgehead atoms. The van der Waals surface area contributed by atoms with Crippen molar-refractivity contribution in [1.29, 1.82) is 0 Å². The predicted molar refractivity (Wildman–Crippen MR) is 92.2 cm³/mol. The van der Waals surface area contributed by atoms with Gasteiger partial charge in [-0.3, -0.25) is 9.59 Å². The molecule has 2 amide bonds. The largest absolute Gasteiger partial charge is 0.385 e. The fourth-order valence-electron chi connectivity index (χ4n) is 2.03. The molecule has 1 aromatic carbocycles. The summed E-state index contributed by atoms with van der Waals surface area (Å²) in [4.78, 5) is 28.4. The zero-order valence-corrected chi connectivity index (χ0v) is 13.8. The summed E-state index contributed by atoms with van der Waals surface area (Å²) in [5, 5.41) is 5.50. The van der Waals surface area contributed by atoms with Crippen molar-refractivity contribution in [2.75, 3.05) is 25.6 Å². The van der Waals surface area contributed by atoms with E-state index in [4.69, 9.17) is 4.74 Å². The lowest BCUT2D eigenvalue weighted by Gasteiger charge is -2.07. The Kier molecular flexibility index (Phi) is 6.45. The van der Waals surface area contributed by atoms with E-state index in [1.54, 1.807) is 25.3 Å². The van der Waals surface area contributed by atoms with Crippen molar-refractivity contribution in [1.82, 2.24) is 10.3 Å². The maximum absolute atomic E-state index is 12.3. The summed E-state index contributed by atoms with van der Waals surface area (Å²) in [6.45, 7) is 3.04. The number of ether oxygens (including phenoxy) is 1. The van der Waals surface area contributed by atoms with E-state index in [2.05, 4.69) is 15.6 Å². The molecule has 1 heterocycles. The number of pyridine rings is 1. The molecule has 0 fully saturated rings. The molecule has 2 aromatic rings. The van der Waals surface area contributed by atoms with E-state index in [1.165, 1.54) is 0 Å². The van der Waals surface area contributed by atoms with E-state index in [9.17, 15) is 9.59 Å². The van der Waals surface area contributed by atoms with Gasteiger partial charge in [0.25, 0.3) is 11.8 Å². The van der Waals surface area contributed by atoms with E-state index >= 15 is 0 Å². The topological polar surface area (TPSA) is 80.3 Å². The molecule has 2 rings (SSSR count). The molecule has 6 heteroatoms. The van der Waals surface area contributed by atoms with Gasteiger partial charge in [0.2, 0.25) is 0 Å². The SMILES string of the molecule is COCCCNC(=O)c1cccc(C(=O)Nc2ccc(C)cc2)n1. The van der Waals surface area contributed by atoms with Crippen LogP contribution in [-0.4, -0.2) is 37.1 Å². The predicted octanol–water partition coefficient (Wildman–Crippen LogP) is 2.41. The van der Waals surface area contributed by atoms with Crippen LogP contribution in [0.5, 0.6) is 0 Å². The first kappa shape index (κ1) is 17.6. The number of rotatable bonds is 7. The van der Waals surface area contributed by atoms with E-state index in [-0.39, 0.29) is 23.2 Å². The summed E-state index contributed by atoms with van der Waals surface area (Å²) in [6.07, 6.45) is 0.718. The first-order valence-corrected chi connectivity index (χ1v) is 7.72. The molecular weight excluding hydrogens is 306 g/mol. The number of nitrogens with one attached hydrogen (secondary N) is 2. The van der Waals surface area contributed by atoms with Crippen LogP contribution in [0.4, 0.5) is 5.69 Å². The number of amides is 2. The number of hydrogen-bond donors (Lipinski definition) is 2. The number of methoxy groups -OCH3 is 1. The summed E-state index contributed by atoms with van der Waals surface area (Å²) in [6, 6.07) is 12.2. The van der Waals surface area contributed by atoms with E-state index < -0.39 is 0 Å². The maximum Gasteiger partial charge on any atom is 0.274 e. The highest BCUT2D eigenvalue weighted by Gasteiger charge is 2.12. The van der Waals surface area contributed by atoms with Crippen LogP contribution < -0.4 is 10.6 Å². The molecule has 0 saturated heterocycles. The Hall–Kier alpha value is -2.73. The molecule has 0 aliphatic heterocycles. The van der Waals surface area contributed by atoms with Crippen molar-refractivity contribution < 1.29 is 14.3 Å². The monoisotopic (exact) mass is 327 g/mol. The minimum absolute atomic E-state index is 0.195. The first-order chi connectivity index (χ1) is 11.6. The number of aromatic nitrogens is 1. The zero-order valence-electron chi connectivity index (χ0n) is 13.8. The molecule has 0 radical (unpaired) electrons. The van der Waals surface area contributed by atoms with Crippen LogP contribution in [0.1, 0.15) is 33.0 Å². The van der Waals surface area contributed by atoms with Gasteiger partial charge < -0.3 is 15.4 Å². The van der Waals surface area contributed by atoms with Gasteiger partial charge in [-0.15, -0.1) is 0 Å². The van der Waals surface area contributed by atoms with Crippen molar-refractivity contribution in [2.45, 2.75) is 13.3 Å². The molecule has 0 atom stereocenters. The molecule has 0 unspecified atom stereocenters. The third-order valence-electron chi connectivity index (χ3n) is 3.33. The van der Waals surface area contributed by atoms with Crippen LogP contribution in [0.25, 0.3) is 0 Å². The maximum atomic E-state index is 12.3. The smallest absolute Gasteiger partial charge is 0.274 e. The average Bonchev–Trinajstić information content (AvgIpc) is 2.60. The Morgan fingerprint density at radius 2 is 1.71 bits per heavy atom. The Morgan fingerprint density at radius 1 is 1.04 bits per heavy atom. The highest BCUT2D eigenvalue weighted by Crippen LogP contribution is 2.10. The summed E-state index contributed by atoms with van der Waals surface area (Å²) in [5.74, 6) is -0.663. The number of benzene rings is 1. The van der Waals surface area contributed by atoms with Gasteiger partial charge in [0.15, 0.2) is 0 Å². The minimum Gasteiger partial charge on any atom is -0.385 e. The molecule has 0 saturated carbocycles. The summed E-state index contributed by atoms with van der Waals surface area (Å²) in [7, 11) is 1.61. The van der Waals surface area contributed by atoms with Crippen molar-refractivity contribution in [3.05, 3.63) is 59.4 Å². The minimum atomic E-state index is -0.354. The molecule has 2 N–H and O–H groups in total. The Morgan fingerprint density at radius 3 is 2.38 bits per heavy atom. The Bertz CT molecular complexity index is 699. The molecular formula is C18H21N3O3. The number of nitrogens with zero attached hydrogens (tertiary/aromatic N) is 1. The van der Waals surface area contributed by atoms with Gasteiger partial charge >= 0.3 is 0 Å². The fourth-order valence-corrected chi connectivity index (χ4v) is 2.03. The lowest BCUT2D eigenvalue weighted by molar-refractivity contribution is 0.0943. The molecule has 6 nitrogen and oxygen atoms in total. The number of aryl methyl sites for hydroxylation is 1. The van der Waals surface area contributed by atoms with Gasteiger partial charge in [0.1, 0.15) is 11.4 Å².